The van der Waals surface area contributed by atoms with Gasteiger partial charge in [0.1, 0.15) is 23.6 Å². The minimum Gasteiger partial charge on any atom is -0.494 e. The lowest BCUT2D eigenvalue weighted by molar-refractivity contribution is -0.111. The van der Waals surface area contributed by atoms with Crippen LogP contribution in [0.25, 0.3) is 0 Å². The fourth-order valence-corrected chi connectivity index (χ4v) is 5.92. The molecule has 1 aliphatic heterocycles. The van der Waals surface area contributed by atoms with Crippen LogP contribution < -0.4 is 30.1 Å². The van der Waals surface area contributed by atoms with Crippen LogP contribution in [0.1, 0.15) is 56.6 Å². The fraction of sp³-hybridized carbons (Fsp3) is 0.457. The van der Waals surface area contributed by atoms with Crippen LogP contribution in [-0.4, -0.2) is 74.8 Å². The van der Waals surface area contributed by atoms with E-state index in [0.717, 1.165) is 49.4 Å². The molecule has 11 heteroatoms. The molecule has 0 bridgehead atoms. The maximum atomic E-state index is 12.4. The van der Waals surface area contributed by atoms with E-state index in [4.69, 9.17) is 14.3 Å². The number of aromatic nitrogens is 2. The number of nitrogens with one attached hydrogen (secondary N) is 2. The maximum absolute atomic E-state index is 12.4. The van der Waals surface area contributed by atoms with Crippen molar-refractivity contribution in [3.8, 4) is 11.5 Å². The van der Waals surface area contributed by atoms with Crippen molar-refractivity contribution in [3.05, 3.63) is 67.0 Å². The van der Waals surface area contributed by atoms with Gasteiger partial charge >= 0.3 is 0 Å². The van der Waals surface area contributed by atoms with Crippen LogP contribution in [0.5, 0.6) is 11.5 Å². The molecule has 11 nitrogen and oxygen atoms in total. The largest absolute Gasteiger partial charge is 0.494 e. The van der Waals surface area contributed by atoms with Crippen molar-refractivity contribution in [2.24, 2.45) is 0 Å². The third-order valence-electron chi connectivity index (χ3n) is 8.45. The fourth-order valence-electron chi connectivity index (χ4n) is 5.92. The first-order chi connectivity index (χ1) is 22.3. The molecule has 46 heavy (non-hydrogen) atoms. The summed E-state index contributed by atoms with van der Waals surface area (Å²) >= 11 is 0. The van der Waals surface area contributed by atoms with Gasteiger partial charge in [-0.1, -0.05) is 31.6 Å². The lowest BCUT2D eigenvalue weighted by Gasteiger charge is -2.26. The van der Waals surface area contributed by atoms with Crippen LogP contribution in [0.4, 0.5) is 28.7 Å². The number of hydrogen-bond donors (Lipinski definition) is 2. The van der Waals surface area contributed by atoms with Gasteiger partial charge in [0.05, 0.1) is 42.9 Å². The molecular formula is C35H47N7O4. The zero-order chi connectivity index (χ0) is 32.5. The second kappa shape index (κ2) is 15.8. The molecular weight excluding hydrogens is 582 g/mol. The number of benzene rings is 2. The van der Waals surface area contributed by atoms with E-state index in [1.54, 1.807) is 7.11 Å². The van der Waals surface area contributed by atoms with E-state index in [1.165, 1.54) is 38.1 Å². The first-order valence-corrected chi connectivity index (χ1v) is 16.1. The van der Waals surface area contributed by atoms with Crippen LogP contribution in [0.2, 0.25) is 0 Å². The van der Waals surface area contributed by atoms with E-state index in [1.807, 2.05) is 50.5 Å². The van der Waals surface area contributed by atoms with Crippen molar-refractivity contribution in [1.29, 1.82) is 0 Å². The van der Waals surface area contributed by atoms with Crippen LogP contribution >= 0.6 is 0 Å². The summed E-state index contributed by atoms with van der Waals surface area (Å²) in [7, 11) is 7.65. The molecule has 246 valence electrons. The summed E-state index contributed by atoms with van der Waals surface area (Å²) < 4.78 is 12.2. The number of hydrogen-bond acceptors (Lipinski definition) is 10. The van der Waals surface area contributed by atoms with Gasteiger partial charge < -0.3 is 29.9 Å². The maximum Gasteiger partial charge on any atom is 0.247 e. The summed E-state index contributed by atoms with van der Waals surface area (Å²) in [5, 5.41) is 8.16. The normalized spacial score (nSPS) is 17.0. The molecule has 3 aromatic rings. The highest BCUT2D eigenvalue weighted by Crippen LogP contribution is 2.40. The Bertz CT molecular complexity index is 1480. The quantitative estimate of drug-likeness (QED) is 0.165. The molecule has 1 atom stereocenters. The number of anilines is 5. The lowest BCUT2D eigenvalue weighted by atomic mass is 10.0. The van der Waals surface area contributed by atoms with Crippen molar-refractivity contribution in [2.45, 2.75) is 57.1 Å². The van der Waals surface area contributed by atoms with Gasteiger partial charge in [0.2, 0.25) is 5.91 Å². The van der Waals surface area contributed by atoms with Crippen molar-refractivity contribution in [2.75, 3.05) is 68.5 Å². The Balaban J connectivity index is 1.37. The SMILES string of the molecule is C=CC(=O)Nc1cc(Nc2cc(N3OCC[C@@H]3c3cccc(OC4CCCCCC4)c3)ncn2)c(OC)cc1N(C)CCN(C)C. The molecule has 1 saturated heterocycles. The Hall–Kier alpha value is -4.35. The molecule has 1 aromatic heterocycles. The van der Waals surface area contributed by atoms with Gasteiger partial charge in [-0.05, 0) is 69.6 Å². The zero-order valence-electron chi connectivity index (χ0n) is 27.5. The first-order valence-electron chi connectivity index (χ1n) is 16.1. The van der Waals surface area contributed by atoms with Gasteiger partial charge in [0, 0.05) is 38.7 Å². The van der Waals surface area contributed by atoms with E-state index in [9.17, 15) is 4.79 Å². The molecule has 0 unspecified atom stereocenters. The average molecular weight is 630 g/mol. The minimum absolute atomic E-state index is 0.0207. The Morgan fingerprint density at radius 1 is 1.04 bits per heavy atom. The number of amides is 1. The number of nitrogens with zero attached hydrogens (tertiary/aromatic N) is 5. The number of likely N-dealkylation sites (N-methyl/N-ethyl adjacent to an activating group) is 2. The van der Waals surface area contributed by atoms with Crippen molar-refractivity contribution in [1.82, 2.24) is 14.9 Å². The summed E-state index contributed by atoms with van der Waals surface area (Å²) in [6.07, 6.45) is 11.1. The molecule has 2 aliphatic rings. The minimum atomic E-state index is -0.302. The zero-order valence-corrected chi connectivity index (χ0v) is 27.5. The van der Waals surface area contributed by atoms with Crippen molar-refractivity contribution in [3.63, 3.8) is 0 Å². The second-order valence-electron chi connectivity index (χ2n) is 12.1. The number of carbonyl (C=O) groups excluding carboxylic acids is 1. The van der Waals surface area contributed by atoms with E-state index in [-0.39, 0.29) is 18.1 Å². The van der Waals surface area contributed by atoms with Crippen LogP contribution in [-0.2, 0) is 9.63 Å². The third kappa shape index (κ3) is 8.46. The molecule has 0 spiro atoms. The molecule has 2 heterocycles. The molecule has 1 saturated carbocycles. The lowest BCUT2D eigenvalue weighted by Crippen LogP contribution is -2.29. The molecule has 1 aliphatic carbocycles. The van der Waals surface area contributed by atoms with Crippen LogP contribution in [0.3, 0.4) is 0 Å². The summed E-state index contributed by atoms with van der Waals surface area (Å²) in [6.45, 7) is 5.78. The van der Waals surface area contributed by atoms with Gasteiger partial charge in [-0.15, -0.1) is 0 Å². The average Bonchev–Trinajstić information content (AvgIpc) is 3.42. The Kier molecular flexibility index (Phi) is 11.3. The number of hydroxylamine groups is 1. The highest BCUT2D eigenvalue weighted by atomic mass is 16.7. The van der Waals surface area contributed by atoms with E-state index < -0.39 is 0 Å². The molecule has 2 fully saturated rings. The predicted molar refractivity (Wildman–Crippen MR) is 183 cm³/mol. The van der Waals surface area contributed by atoms with Crippen LogP contribution in [0.15, 0.2) is 61.4 Å². The van der Waals surface area contributed by atoms with Gasteiger partial charge in [-0.2, -0.15) is 0 Å². The van der Waals surface area contributed by atoms with Crippen molar-refractivity contribution < 1.29 is 19.1 Å². The molecule has 1 amide bonds. The summed E-state index contributed by atoms with van der Waals surface area (Å²) in [5.74, 6) is 2.39. The van der Waals surface area contributed by atoms with Gasteiger partial charge in [-0.25, -0.2) is 15.0 Å². The summed E-state index contributed by atoms with van der Waals surface area (Å²) in [5.41, 5.74) is 3.20. The number of carbonyl (C=O) groups is 1. The highest BCUT2D eigenvalue weighted by molar-refractivity contribution is 6.02. The number of ether oxygens (including phenoxy) is 2. The van der Waals surface area contributed by atoms with Crippen LogP contribution in [0, 0.1) is 0 Å². The number of methoxy groups -OCH3 is 1. The third-order valence-corrected chi connectivity index (χ3v) is 8.45. The Labute approximate surface area is 272 Å². The smallest absolute Gasteiger partial charge is 0.247 e. The molecule has 0 radical (unpaired) electrons. The van der Waals surface area contributed by atoms with E-state index in [2.05, 4.69) is 55.2 Å². The van der Waals surface area contributed by atoms with Crippen molar-refractivity contribution >= 4 is 34.6 Å². The number of rotatable bonds is 13. The van der Waals surface area contributed by atoms with Gasteiger partial charge in [0.25, 0.3) is 0 Å². The molecule has 2 N–H and O–H groups in total. The summed E-state index contributed by atoms with van der Waals surface area (Å²) in [6, 6.07) is 13.9. The van der Waals surface area contributed by atoms with E-state index >= 15 is 0 Å². The van der Waals surface area contributed by atoms with Gasteiger partial charge in [0.15, 0.2) is 5.82 Å². The Morgan fingerprint density at radius 2 is 1.85 bits per heavy atom. The van der Waals surface area contributed by atoms with Gasteiger partial charge in [-0.3, -0.25) is 9.63 Å². The second-order valence-corrected chi connectivity index (χ2v) is 12.1. The topological polar surface area (TPSA) is 104 Å². The standard InChI is InChI=1S/C35H47N7O4/c1-6-35(43)39-28-21-29(32(44-5)22-31(28)41(4)18-17-40(2)3)38-33-23-34(37-24-36-33)42-30(16-19-45-42)25-12-11-15-27(20-25)46-26-13-9-7-8-10-14-26/h6,11-12,15,20-24,26,30H,1,7-10,13-14,16-19H2,2-5H3,(H,39,43)(H,36,37,38)/t30-/m1/s1. The monoisotopic (exact) mass is 629 g/mol. The molecule has 2 aromatic carbocycles. The highest BCUT2D eigenvalue weighted by Gasteiger charge is 2.30. The van der Waals surface area contributed by atoms with E-state index in [0.29, 0.717) is 35.4 Å². The Morgan fingerprint density at radius 3 is 2.59 bits per heavy atom. The first kappa shape index (κ1) is 33.0. The molecule has 5 rings (SSSR count). The predicted octanol–water partition coefficient (Wildman–Crippen LogP) is 6.34. The summed E-state index contributed by atoms with van der Waals surface area (Å²) in [4.78, 5) is 31.7.